The van der Waals surface area contributed by atoms with Crippen molar-refractivity contribution in [3.8, 4) is 0 Å². The second kappa shape index (κ2) is 3.19. The largest absolute Gasteiger partial charge is 0.492 e. The van der Waals surface area contributed by atoms with Crippen LogP contribution < -0.4 is 0 Å². The number of hydrogen-bond acceptors (Lipinski definition) is 3. The summed E-state index contributed by atoms with van der Waals surface area (Å²) in [7, 11) is -3.68. The van der Waals surface area contributed by atoms with Crippen molar-refractivity contribution in [2.24, 2.45) is 0 Å². The fourth-order valence-electron chi connectivity index (χ4n) is 0.414. The molecule has 0 fully saturated rings. The van der Waals surface area contributed by atoms with Crippen molar-refractivity contribution >= 4 is 8.80 Å². The molecule has 4 heteroatoms. The lowest BCUT2D eigenvalue weighted by atomic mass is 10.4. The number of unbranched alkanes of at least 4 members (excludes halogenated alkanes) is 1. The Bertz CT molecular complexity index is 58.8. The van der Waals surface area contributed by atoms with E-state index in [0.717, 1.165) is 6.42 Å². The maximum atomic E-state index is 8.40. The molecule has 0 unspecified atom stereocenters. The molecular weight excluding hydrogens is 124 g/mol. The Balaban J connectivity index is 3.11. The number of rotatable bonds is 3. The summed E-state index contributed by atoms with van der Waals surface area (Å²) in [5, 5.41) is 0. The van der Waals surface area contributed by atoms with E-state index in [2.05, 4.69) is 0 Å². The second-order valence-electron chi connectivity index (χ2n) is 1.88. The molecule has 0 bridgehead atoms. The molecule has 0 saturated carbocycles. The van der Waals surface area contributed by atoms with E-state index in [1.54, 1.807) is 0 Å². The van der Waals surface area contributed by atoms with Crippen LogP contribution in [0.15, 0.2) is 0 Å². The van der Waals surface area contributed by atoms with E-state index in [9.17, 15) is 0 Å². The number of hydrogen-bond donors (Lipinski definition) is 3. The minimum absolute atomic E-state index is 0.170. The molecule has 0 aromatic carbocycles. The third-order valence-corrected chi connectivity index (χ3v) is 1.89. The molecule has 50 valence electrons. The van der Waals surface area contributed by atoms with E-state index in [0.29, 0.717) is 6.42 Å². The van der Waals surface area contributed by atoms with Crippen molar-refractivity contribution in [3.05, 3.63) is 0 Å². The molecule has 0 aliphatic carbocycles. The Morgan fingerprint density at radius 1 is 1.25 bits per heavy atom. The molecule has 3 N–H and O–H groups in total. The molecule has 0 aliphatic heterocycles. The van der Waals surface area contributed by atoms with E-state index >= 15 is 0 Å². The zero-order valence-electron chi connectivity index (χ0n) is 4.96. The lowest BCUT2D eigenvalue weighted by molar-refractivity contribution is 0.226. The van der Waals surface area contributed by atoms with Gasteiger partial charge in [-0.3, -0.25) is 0 Å². The molecule has 0 rings (SSSR count). The molecule has 0 aromatic rings. The van der Waals surface area contributed by atoms with Gasteiger partial charge in [0.1, 0.15) is 0 Å². The van der Waals surface area contributed by atoms with Gasteiger partial charge in [-0.25, -0.2) is 0 Å². The summed E-state index contributed by atoms with van der Waals surface area (Å²) < 4.78 is 0. The van der Waals surface area contributed by atoms with Crippen LogP contribution in [0.4, 0.5) is 0 Å². The fraction of sp³-hybridized carbons (Fsp3) is 1.00. The zero-order chi connectivity index (χ0) is 6.62. The van der Waals surface area contributed by atoms with Gasteiger partial charge in [-0.05, 0) is 6.42 Å². The molecule has 0 amide bonds. The summed E-state index contributed by atoms with van der Waals surface area (Å²) in [4.78, 5) is 25.2. The van der Waals surface area contributed by atoms with Gasteiger partial charge in [-0.2, -0.15) is 0 Å². The topological polar surface area (TPSA) is 60.7 Å². The fourth-order valence-corrected chi connectivity index (χ4v) is 1.24. The predicted octanol–water partition coefficient (Wildman–Crippen LogP) is -0.298. The third kappa shape index (κ3) is 6.10. The summed E-state index contributed by atoms with van der Waals surface area (Å²) in [5.41, 5.74) is 0. The van der Waals surface area contributed by atoms with Crippen molar-refractivity contribution in [1.29, 1.82) is 0 Å². The lowest BCUT2D eigenvalue weighted by Crippen LogP contribution is -2.33. The van der Waals surface area contributed by atoms with Crippen LogP contribution in [0.25, 0.3) is 0 Å². The highest BCUT2D eigenvalue weighted by Crippen LogP contribution is 2.02. The highest BCUT2D eigenvalue weighted by Gasteiger charge is 2.24. The van der Waals surface area contributed by atoms with Crippen molar-refractivity contribution < 1.29 is 14.4 Å². The van der Waals surface area contributed by atoms with Crippen molar-refractivity contribution in [1.82, 2.24) is 0 Å². The van der Waals surface area contributed by atoms with Crippen molar-refractivity contribution in [2.75, 3.05) is 0 Å². The van der Waals surface area contributed by atoms with E-state index in [1.807, 2.05) is 6.92 Å². The molecule has 0 spiro atoms. The average molecular weight is 136 g/mol. The zero-order valence-corrected chi connectivity index (χ0v) is 5.96. The summed E-state index contributed by atoms with van der Waals surface area (Å²) in [6.07, 6.45) is 1.58. The minimum atomic E-state index is -3.68. The summed E-state index contributed by atoms with van der Waals surface area (Å²) in [6.45, 7) is 1.93. The first-order valence-corrected chi connectivity index (χ1v) is 4.78. The SMILES string of the molecule is CCCC[Si](O)(O)O. The van der Waals surface area contributed by atoms with Gasteiger partial charge in [0, 0.05) is 6.04 Å². The van der Waals surface area contributed by atoms with E-state index in [1.165, 1.54) is 0 Å². The maximum Gasteiger partial charge on any atom is 0.492 e. The maximum absolute atomic E-state index is 8.40. The molecule has 0 aromatic heterocycles. The van der Waals surface area contributed by atoms with Crippen LogP contribution in [0.1, 0.15) is 19.8 Å². The molecular formula is C4H12O3Si. The van der Waals surface area contributed by atoms with Gasteiger partial charge >= 0.3 is 8.80 Å². The van der Waals surface area contributed by atoms with E-state index in [4.69, 9.17) is 14.4 Å². The normalized spacial score (nSPS) is 12.0. The molecule has 0 aliphatic rings. The molecule has 3 nitrogen and oxygen atoms in total. The van der Waals surface area contributed by atoms with Crippen LogP contribution in [0, 0.1) is 0 Å². The standard InChI is InChI=1S/C4H12O3Si/c1-2-3-4-8(5,6)7/h5-7H,2-4H2,1H3. The van der Waals surface area contributed by atoms with Gasteiger partial charge < -0.3 is 14.4 Å². The van der Waals surface area contributed by atoms with E-state index < -0.39 is 8.80 Å². The van der Waals surface area contributed by atoms with Gasteiger partial charge in [-0.15, -0.1) is 0 Å². The Labute approximate surface area is 50.0 Å². The lowest BCUT2D eigenvalue weighted by Gasteiger charge is -2.06. The van der Waals surface area contributed by atoms with Crippen LogP contribution in [-0.2, 0) is 0 Å². The van der Waals surface area contributed by atoms with Crippen LogP contribution in [0.2, 0.25) is 6.04 Å². The van der Waals surface area contributed by atoms with Gasteiger partial charge in [0.2, 0.25) is 0 Å². The Kier molecular flexibility index (Phi) is 3.23. The Morgan fingerprint density at radius 3 is 1.88 bits per heavy atom. The smallest absolute Gasteiger partial charge is 0.390 e. The minimum Gasteiger partial charge on any atom is -0.390 e. The predicted molar refractivity (Wildman–Crippen MR) is 32.1 cm³/mol. The quantitative estimate of drug-likeness (QED) is 0.467. The Hall–Kier alpha value is 0.0969. The summed E-state index contributed by atoms with van der Waals surface area (Å²) in [6, 6.07) is 0.170. The molecule has 8 heavy (non-hydrogen) atoms. The van der Waals surface area contributed by atoms with E-state index in [-0.39, 0.29) is 6.04 Å². The van der Waals surface area contributed by atoms with Crippen molar-refractivity contribution in [2.45, 2.75) is 25.8 Å². The van der Waals surface area contributed by atoms with Crippen LogP contribution >= 0.6 is 0 Å². The van der Waals surface area contributed by atoms with Crippen LogP contribution in [0.3, 0.4) is 0 Å². The molecule has 0 atom stereocenters. The highest BCUT2D eigenvalue weighted by molar-refractivity contribution is 6.56. The third-order valence-electron chi connectivity index (χ3n) is 0.866. The summed E-state index contributed by atoms with van der Waals surface area (Å²) in [5.74, 6) is 0. The Morgan fingerprint density at radius 2 is 1.75 bits per heavy atom. The highest BCUT2D eigenvalue weighted by atomic mass is 28.4. The first kappa shape index (κ1) is 8.10. The van der Waals surface area contributed by atoms with Crippen LogP contribution in [0.5, 0.6) is 0 Å². The van der Waals surface area contributed by atoms with Gasteiger partial charge in [0.15, 0.2) is 0 Å². The van der Waals surface area contributed by atoms with Gasteiger partial charge in [0.05, 0.1) is 0 Å². The first-order chi connectivity index (χ1) is 3.56. The molecule has 0 heterocycles. The monoisotopic (exact) mass is 136 g/mol. The average Bonchev–Trinajstić information content (AvgIpc) is 1.59. The molecule has 0 saturated heterocycles. The van der Waals surface area contributed by atoms with Gasteiger partial charge in [0.25, 0.3) is 0 Å². The molecule has 0 radical (unpaired) electrons. The van der Waals surface area contributed by atoms with Crippen LogP contribution in [-0.4, -0.2) is 23.2 Å². The van der Waals surface area contributed by atoms with Crippen molar-refractivity contribution in [3.63, 3.8) is 0 Å². The summed E-state index contributed by atoms with van der Waals surface area (Å²) >= 11 is 0. The first-order valence-electron chi connectivity index (χ1n) is 2.73. The van der Waals surface area contributed by atoms with Gasteiger partial charge in [-0.1, -0.05) is 13.3 Å². The second-order valence-corrected chi connectivity index (χ2v) is 3.93.